The monoisotopic (exact) mass is 1770 g/mol. The van der Waals surface area contributed by atoms with E-state index in [0.717, 1.165) is 71.5 Å². The molecule has 9 nitrogen and oxygen atoms in total. The Morgan fingerprint density at radius 3 is 1.01 bits per heavy atom. The fourth-order valence-corrected chi connectivity index (χ4v) is 21.8. The van der Waals surface area contributed by atoms with Crippen molar-refractivity contribution in [3.05, 3.63) is 498 Å². The minimum Gasteiger partial charge on any atom is -0.576 e. The van der Waals surface area contributed by atoms with E-state index in [9.17, 15) is 0 Å². The molecule has 0 fully saturated rings. The van der Waals surface area contributed by atoms with Gasteiger partial charge in [0.25, 0.3) is 0 Å². The van der Waals surface area contributed by atoms with Gasteiger partial charge in [-0.2, -0.15) is 0 Å². The summed E-state index contributed by atoms with van der Waals surface area (Å²) in [4.78, 5) is 13.5. The van der Waals surface area contributed by atoms with Gasteiger partial charge in [0.2, 0.25) is 0 Å². The van der Waals surface area contributed by atoms with Crippen LogP contribution in [0.15, 0.2) is 502 Å². The molecule has 0 amide bonds. The molecule has 0 saturated carbocycles. The quantitative estimate of drug-likeness (QED) is 0.0746. The summed E-state index contributed by atoms with van der Waals surface area (Å²) in [6.07, 6.45) is 5.24. The van der Waals surface area contributed by atoms with Gasteiger partial charge in [0.05, 0.1) is 22.1 Å². The van der Waals surface area contributed by atoms with E-state index in [2.05, 4.69) is 400 Å². The molecule has 137 heavy (non-hydrogen) atoms. The predicted molar refractivity (Wildman–Crippen MR) is 570 cm³/mol. The molecular formula is C127H82AlN5O4. The number of furan rings is 1. The van der Waals surface area contributed by atoms with Crippen molar-refractivity contribution in [2.45, 2.75) is 0 Å². The molecule has 0 bridgehead atoms. The van der Waals surface area contributed by atoms with Gasteiger partial charge in [-0.05, 0) is 225 Å². The molecule has 27 rings (SSSR count). The zero-order chi connectivity index (χ0) is 90.6. The van der Waals surface area contributed by atoms with Crippen molar-refractivity contribution in [3.63, 3.8) is 0 Å². The summed E-state index contributed by atoms with van der Waals surface area (Å²) < 4.78 is 30.5. The van der Waals surface area contributed by atoms with Gasteiger partial charge in [-0.25, -0.2) is 0 Å². The number of hydrogen-bond acceptors (Lipinski definition) is 7. The molecule has 6 heterocycles. The number of rotatable bonds is 15. The molecule has 0 radical (unpaired) electrons. The van der Waals surface area contributed by atoms with Crippen LogP contribution < -0.4 is 11.4 Å². The lowest BCUT2D eigenvalue weighted by molar-refractivity contribution is 0.311. The lowest BCUT2D eigenvalue weighted by Gasteiger charge is -2.19. The number of nitrogens with zero attached hydrogens (tertiary/aromatic N) is 5. The molecule has 0 aliphatic rings. The lowest BCUT2D eigenvalue weighted by atomic mass is 9.85. The molecule has 6 aromatic heterocycles. The number of hydrogen-bond donors (Lipinski definition) is 0. The topological polar surface area (TPSA) is 89.4 Å². The summed E-state index contributed by atoms with van der Waals surface area (Å²) in [5, 5.41) is 20.3. The van der Waals surface area contributed by atoms with E-state index in [1.54, 1.807) is 18.6 Å². The number of aromatic nitrogens is 5. The van der Waals surface area contributed by atoms with Crippen LogP contribution in [0.4, 0.5) is 0 Å². The van der Waals surface area contributed by atoms with Gasteiger partial charge in [0.1, 0.15) is 45.0 Å². The standard InChI is InChI=1S/C56H35NO.C44H29N.3C9H7NO.Al/c1-3-15-36(16-4-1)54-45-23-7-8-24-46(45)55(37-17-5-2-6-18-37)50-34-39(29-31-47(50)54)38-19-13-20-41(33-38)57-51-27-11-9-21-43(51)49-35-40(30-32-52(49)57)42-25-14-26-48-44-22-10-12-28-53(44)58-56(42)48;1-3-13-31(14-4-1)43-36-18-7-9-20-38(36)44(39-21-10-8-19-37(39)43)32-25-23-30(24-26-32)33-27-28-42-40(29-33)35-17-11-12-22-41(35)45(42)34-15-5-2-6-16-34;3*11-8-5-1-3-7-4-2-6-10-9(7)8;/h1-35H;1-29H;3*1-6,11H;/q;;;;;+3/p-3. The van der Waals surface area contributed by atoms with Crippen molar-refractivity contribution in [2.75, 3.05) is 0 Å². The smallest absolute Gasteiger partial charge is 0.576 e. The highest BCUT2D eigenvalue weighted by Gasteiger charge is 2.46. The molecule has 0 unspecified atom stereocenters. The average molecular weight is 1770 g/mol. The van der Waals surface area contributed by atoms with Crippen LogP contribution in [0.1, 0.15) is 0 Å². The first-order chi connectivity index (χ1) is 68.0. The molecular weight excluding hydrogens is 1690 g/mol. The van der Waals surface area contributed by atoms with Crippen LogP contribution in [0.2, 0.25) is 0 Å². The Kier molecular flexibility index (Phi) is 20.8. The second-order valence-corrected chi connectivity index (χ2v) is 35.8. The number of benzene rings is 21. The predicted octanol–water partition coefficient (Wildman–Crippen LogP) is 33.6. The van der Waals surface area contributed by atoms with Crippen LogP contribution in [0, 0.1) is 0 Å². The molecule has 0 saturated heterocycles. The summed E-state index contributed by atoms with van der Waals surface area (Å²) >= 11 is -2.86. The van der Waals surface area contributed by atoms with Gasteiger partial charge < -0.3 is 24.9 Å². The fourth-order valence-electron chi connectivity index (χ4n) is 20.5. The molecule has 27 aromatic rings. The highest BCUT2D eigenvalue weighted by atomic mass is 27.3. The minimum atomic E-state index is -2.86. The third-order valence-electron chi connectivity index (χ3n) is 26.6. The van der Waals surface area contributed by atoms with Gasteiger partial charge >= 0.3 is 15.1 Å². The van der Waals surface area contributed by atoms with Gasteiger partial charge in [-0.15, -0.1) is 0 Å². The second-order valence-electron chi connectivity index (χ2n) is 34.5. The van der Waals surface area contributed by atoms with E-state index in [1.165, 1.54) is 159 Å². The van der Waals surface area contributed by atoms with E-state index < -0.39 is 15.1 Å². The van der Waals surface area contributed by atoms with E-state index in [4.69, 9.17) is 15.8 Å². The van der Waals surface area contributed by atoms with Crippen molar-refractivity contribution < 1.29 is 15.8 Å². The highest BCUT2D eigenvalue weighted by Crippen LogP contribution is 2.49. The number of fused-ring (bicyclic) bond motifs is 16. The first-order valence-corrected chi connectivity index (χ1v) is 47.7. The maximum atomic E-state index is 6.47. The van der Waals surface area contributed by atoms with E-state index in [0.29, 0.717) is 17.2 Å². The second kappa shape index (κ2) is 35.1. The summed E-state index contributed by atoms with van der Waals surface area (Å²) in [5.74, 6) is 1.82. The average Bonchev–Trinajstić information content (AvgIpc) is 0.931. The number of pyridine rings is 3. The Morgan fingerprint density at radius 1 is 0.197 bits per heavy atom. The molecule has 0 atom stereocenters. The Balaban J connectivity index is 0.000000113. The summed E-state index contributed by atoms with van der Waals surface area (Å²) in [6.45, 7) is 0. The summed E-state index contributed by atoms with van der Waals surface area (Å²) in [7, 11) is 0. The molecule has 0 aliphatic heterocycles. The third kappa shape index (κ3) is 14.8. The van der Waals surface area contributed by atoms with Crippen molar-refractivity contribution >= 4 is 156 Å². The molecule has 0 N–H and O–H groups in total. The van der Waals surface area contributed by atoms with Crippen LogP contribution in [-0.4, -0.2) is 39.2 Å². The zero-order valence-corrected chi connectivity index (χ0v) is 75.4. The minimum absolute atomic E-state index is 0.608. The highest BCUT2D eigenvalue weighted by molar-refractivity contribution is 6.40. The van der Waals surface area contributed by atoms with Gasteiger partial charge in [-0.3, -0.25) is 15.0 Å². The third-order valence-corrected chi connectivity index (χ3v) is 28.0. The zero-order valence-electron chi connectivity index (χ0n) is 74.3. The van der Waals surface area contributed by atoms with Crippen molar-refractivity contribution in [1.82, 2.24) is 24.1 Å². The summed E-state index contributed by atoms with van der Waals surface area (Å²) in [6, 6.07) is 170. The Bertz CT molecular complexity index is 9080. The maximum Gasteiger partial charge on any atom is 1.20 e. The first kappa shape index (κ1) is 81.2. The van der Waals surface area contributed by atoms with Gasteiger partial charge in [0.15, 0.2) is 0 Å². The van der Waals surface area contributed by atoms with Gasteiger partial charge in [-0.1, -0.05) is 370 Å². The van der Waals surface area contributed by atoms with Crippen LogP contribution in [0.5, 0.6) is 17.2 Å². The fraction of sp³-hybridized carbons (Fsp3) is 0. The van der Waals surface area contributed by atoms with Crippen LogP contribution in [-0.2, 0) is 0 Å². The number of para-hydroxylation sites is 8. The van der Waals surface area contributed by atoms with E-state index >= 15 is 0 Å². The largest absolute Gasteiger partial charge is 1.20 e. The van der Waals surface area contributed by atoms with Crippen LogP contribution in [0.25, 0.3) is 231 Å². The van der Waals surface area contributed by atoms with Gasteiger partial charge in [0, 0.05) is 84.0 Å². The molecule has 642 valence electrons. The summed E-state index contributed by atoms with van der Waals surface area (Å²) in [5.41, 5.74) is 28.3. The Labute approximate surface area is 794 Å². The maximum absolute atomic E-state index is 6.47. The first-order valence-electron chi connectivity index (χ1n) is 46.3. The van der Waals surface area contributed by atoms with Crippen molar-refractivity contribution in [1.29, 1.82) is 0 Å². The van der Waals surface area contributed by atoms with Crippen LogP contribution in [0.3, 0.4) is 0 Å². The Morgan fingerprint density at radius 2 is 0.511 bits per heavy atom. The van der Waals surface area contributed by atoms with E-state index in [-0.39, 0.29) is 0 Å². The Hall–Kier alpha value is -17.8. The van der Waals surface area contributed by atoms with E-state index in [1.807, 2.05) is 103 Å². The molecule has 10 heteroatoms. The SMILES string of the molecule is c1ccc(-c2c3ccccc3c(-c3ccc(-c4ccc5c(c4)c4ccccc4n5-c4ccccc4)cc3)c3ccccc23)cc1.c1ccc(-c2c3ccccc3c(-c3ccccc3)c3cc(-c4cccc(-n5c6ccccc6c6cc(-c7cccc8c7oc7ccccc78)ccc65)c4)ccc23)cc1.c1cnc2c([O][Al]([O]c3cccc4cccnc34)[O]c3cccc4cccnc34)cccc2c1. The molecule has 0 spiro atoms. The van der Waals surface area contributed by atoms with Crippen molar-refractivity contribution in [2.24, 2.45) is 0 Å². The van der Waals surface area contributed by atoms with Crippen molar-refractivity contribution in [3.8, 4) is 107 Å². The molecule has 0 aliphatic carbocycles. The van der Waals surface area contributed by atoms with Crippen LogP contribution >= 0.6 is 0 Å². The lowest BCUT2D eigenvalue weighted by Crippen LogP contribution is -2.37. The molecule has 21 aromatic carbocycles. The normalized spacial score (nSPS) is 11.5.